The molecular weight excluding hydrogens is 269 g/mol. The van der Waals surface area contributed by atoms with Crippen molar-refractivity contribution in [1.29, 1.82) is 0 Å². The van der Waals surface area contributed by atoms with Crippen molar-refractivity contribution in [3.63, 3.8) is 0 Å². The van der Waals surface area contributed by atoms with Crippen LogP contribution in [-0.4, -0.2) is 27.8 Å². The maximum absolute atomic E-state index is 13.1. The molecule has 4 nitrogen and oxygen atoms in total. The van der Waals surface area contributed by atoms with Gasteiger partial charge in [0.25, 0.3) is 5.91 Å². The smallest absolute Gasteiger partial charge is 0.274 e. The number of carbonyl (C=O) groups excluding carboxylic acids is 1. The van der Waals surface area contributed by atoms with E-state index in [1.807, 2.05) is 0 Å². The third-order valence-corrected chi connectivity index (χ3v) is 2.66. The highest BCUT2D eigenvalue weighted by molar-refractivity contribution is 6.29. The van der Waals surface area contributed by atoms with E-state index in [1.165, 1.54) is 29.4 Å². The minimum absolute atomic E-state index is 0.157. The summed E-state index contributed by atoms with van der Waals surface area (Å²) >= 11 is 5.68. The van der Waals surface area contributed by atoms with Crippen molar-refractivity contribution in [3.05, 3.63) is 58.9 Å². The molecule has 0 unspecified atom stereocenters. The summed E-state index contributed by atoms with van der Waals surface area (Å²) < 4.78 is 13.1. The predicted octanol–water partition coefficient (Wildman–Crippen LogP) is 2.54. The molecule has 19 heavy (non-hydrogen) atoms. The maximum atomic E-state index is 13.1. The molecular formula is C13H11ClFN3O. The van der Waals surface area contributed by atoms with Crippen LogP contribution in [0.15, 0.2) is 36.7 Å². The first-order valence-electron chi connectivity index (χ1n) is 5.54. The number of amides is 1. The lowest BCUT2D eigenvalue weighted by atomic mass is 10.2. The molecule has 0 fully saturated rings. The van der Waals surface area contributed by atoms with Crippen molar-refractivity contribution in [2.45, 2.75) is 6.54 Å². The van der Waals surface area contributed by atoms with Gasteiger partial charge in [-0.05, 0) is 17.7 Å². The summed E-state index contributed by atoms with van der Waals surface area (Å²) in [6.07, 6.45) is 2.70. The van der Waals surface area contributed by atoms with Crippen LogP contribution in [-0.2, 0) is 6.54 Å². The Hall–Kier alpha value is -2.01. The highest BCUT2D eigenvalue weighted by Gasteiger charge is 2.14. The van der Waals surface area contributed by atoms with Crippen LogP contribution in [0.25, 0.3) is 0 Å². The number of rotatable bonds is 3. The van der Waals surface area contributed by atoms with Crippen molar-refractivity contribution in [3.8, 4) is 0 Å². The summed E-state index contributed by atoms with van der Waals surface area (Å²) in [7, 11) is 1.61. The Balaban J connectivity index is 2.12. The number of hydrogen-bond donors (Lipinski definition) is 0. The van der Waals surface area contributed by atoms with Crippen molar-refractivity contribution >= 4 is 17.5 Å². The van der Waals surface area contributed by atoms with Crippen molar-refractivity contribution < 1.29 is 9.18 Å². The van der Waals surface area contributed by atoms with Crippen LogP contribution in [0, 0.1) is 5.82 Å². The minimum Gasteiger partial charge on any atom is -0.336 e. The fraction of sp³-hybridized carbons (Fsp3) is 0.154. The van der Waals surface area contributed by atoms with Gasteiger partial charge in [0.05, 0.1) is 12.4 Å². The predicted molar refractivity (Wildman–Crippen MR) is 69.2 cm³/mol. The summed E-state index contributed by atoms with van der Waals surface area (Å²) in [5.74, 6) is -0.653. The second kappa shape index (κ2) is 5.75. The van der Waals surface area contributed by atoms with Gasteiger partial charge >= 0.3 is 0 Å². The number of carbonyl (C=O) groups is 1. The zero-order chi connectivity index (χ0) is 13.8. The standard InChI is InChI=1S/C13H11ClFN3O/c1-18(8-9-3-2-4-10(15)5-9)13(19)11-6-16-7-12(14)17-11/h2-7H,8H2,1H3. The van der Waals surface area contributed by atoms with Gasteiger partial charge in [-0.15, -0.1) is 0 Å². The molecule has 0 aliphatic rings. The lowest BCUT2D eigenvalue weighted by Gasteiger charge is -2.16. The van der Waals surface area contributed by atoms with E-state index in [-0.39, 0.29) is 29.1 Å². The van der Waals surface area contributed by atoms with Crippen LogP contribution >= 0.6 is 11.6 Å². The van der Waals surface area contributed by atoms with Crippen LogP contribution in [0.4, 0.5) is 4.39 Å². The van der Waals surface area contributed by atoms with Crippen LogP contribution < -0.4 is 0 Å². The highest BCUT2D eigenvalue weighted by atomic mass is 35.5. The molecule has 98 valence electrons. The Kier molecular flexibility index (Phi) is 4.06. The zero-order valence-corrected chi connectivity index (χ0v) is 10.9. The van der Waals surface area contributed by atoms with Crippen LogP contribution in [0.3, 0.4) is 0 Å². The molecule has 0 aliphatic heterocycles. The Morgan fingerprint density at radius 1 is 1.42 bits per heavy atom. The Labute approximate surface area is 114 Å². The largest absolute Gasteiger partial charge is 0.336 e. The molecule has 0 spiro atoms. The first-order valence-corrected chi connectivity index (χ1v) is 5.91. The van der Waals surface area contributed by atoms with Crippen molar-refractivity contribution in [2.24, 2.45) is 0 Å². The number of benzene rings is 1. The van der Waals surface area contributed by atoms with E-state index >= 15 is 0 Å². The average molecular weight is 280 g/mol. The fourth-order valence-corrected chi connectivity index (χ4v) is 1.77. The third kappa shape index (κ3) is 3.48. The van der Waals surface area contributed by atoms with Gasteiger partial charge in [0.2, 0.25) is 0 Å². The van der Waals surface area contributed by atoms with Crippen LogP contribution in [0.1, 0.15) is 16.1 Å². The van der Waals surface area contributed by atoms with Crippen molar-refractivity contribution in [2.75, 3.05) is 7.05 Å². The second-order valence-corrected chi connectivity index (χ2v) is 4.41. The van der Waals surface area contributed by atoms with Gasteiger partial charge in [0.1, 0.15) is 16.7 Å². The molecule has 0 radical (unpaired) electrons. The Morgan fingerprint density at radius 2 is 2.21 bits per heavy atom. The maximum Gasteiger partial charge on any atom is 0.274 e. The first-order chi connectivity index (χ1) is 9.06. The van der Waals surface area contributed by atoms with Crippen LogP contribution in [0.2, 0.25) is 5.15 Å². The molecule has 1 aromatic carbocycles. The number of hydrogen-bond acceptors (Lipinski definition) is 3. The lowest BCUT2D eigenvalue weighted by molar-refractivity contribution is 0.0778. The molecule has 0 N–H and O–H groups in total. The van der Waals surface area contributed by atoms with E-state index in [2.05, 4.69) is 9.97 Å². The summed E-state index contributed by atoms with van der Waals surface area (Å²) in [5.41, 5.74) is 0.859. The van der Waals surface area contributed by atoms with Crippen LogP contribution in [0.5, 0.6) is 0 Å². The molecule has 1 heterocycles. The Morgan fingerprint density at radius 3 is 2.89 bits per heavy atom. The SMILES string of the molecule is CN(Cc1cccc(F)c1)C(=O)c1cncc(Cl)n1. The number of halogens is 2. The summed E-state index contributed by atoms with van der Waals surface area (Å²) in [6, 6.07) is 6.08. The molecule has 2 rings (SSSR count). The van der Waals surface area contributed by atoms with Gasteiger partial charge in [0.15, 0.2) is 0 Å². The first kappa shape index (κ1) is 13.4. The van der Waals surface area contributed by atoms with E-state index in [0.717, 1.165) is 0 Å². The summed E-state index contributed by atoms with van der Waals surface area (Å²) in [4.78, 5) is 21.2. The van der Waals surface area contributed by atoms with Gasteiger partial charge in [-0.25, -0.2) is 9.37 Å². The highest BCUT2D eigenvalue weighted by Crippen LogP contribution is 2.09. The minimum atomic E-state index is -0.333. The van der Waals surface area contributed by atoms with E-state index < -0.39 is 0 Å². The fourth-order valence-electron chi connectivity index (χ4n) is 1.62. The van der Waals surface area contributed by atoms with Gasteiger partial charge in [-0.2, -0.15) is 0 Å². The van der Waals surface area contributed by atoms with E-state index in [9.17, 15) is 9.18 Å². The molecule has 0 saturated carbocycles. The molecule has 2 aromatic rings. The molecule has 6 heteroatoms. The molecule has 1 amide bonds. The third-order valence-electron chi connectivity index (χ3n) is 2.48. The zero-order valence-electron chi connectivity index (χ0n) is 10.2. The van der Waals surface area contributed by atoms with Gasteiger partial charge in [-0.3, -0.25) is 9.78 Å². The summed E-state index contributed by atoms with van der Waals surface area (Å²) in [5, 5.41) is 0.157. The topological polar surface area (TPSA) is 46.1 Å². The number of nitrogens with zero attached hydrogens (tertiary/aromatic N) is 3. The molecule has 0 aliphatic carbocycles. The average Bonchev–Trinajstić information content (AvgIpc) is 2.38. The molecule has 1 aromatic heterocycles. The van der Waals surface area contributed by atoms with Gasteiger partial charge < -0.3 is 4.90 Å². The second-order valence-electron chi connectivity index (χ2n) is 4.02. The molecule has 0 saturated heterocycles. The lowest BCUT2D eigenvalue weighted by Crippen LogP contribution is -2.27. The molecule has 0 atom stereocenters. The summed E-state index contributed by atoms with van der Waals surface area (Å²) in [6.45, 7) is 0.283. The quantitative estimate of drug-likeness (QED) is 0.867. The van der Waals surface area contributed by atoms with E-state index in [1.54, 1.807) is 19.2 Å². The monoisotopic (exact) mass is 279 g/mol. The molecule has 0 bridgehead atoms. The number of aromatic nitrogens is 2. The van der Waals surface area contributed by atoms with E-state index in [4.69, 9.17) is 11.6 Å². The van der Waals surface area contributed by atoms with Gasteiger partial charge in [0, 0.05) is 13.6 Å². The normalized spacial score (nSPS) is 10.3. The Bertz CT molecular complexity index is 606. The van der Waals surface area contributed by atoms with Gasteiger partial charge in [-0.1, -0.05) is 23.7 Å². The van der Waals surface area contributed by atoms with E-state index in [0.29, 0.717) is 5.56 Å². The van der Waals surface area contributed by atoms with Crippen molar-refractivity contribution in [1.82, 2.24) is 14.9 Å².